The summed E-state index contributed by atoms with van der Waals surface area (Å²) in [4.78, 5) is 0. The summed E-state index contributed by atoms with van der Waals surface area (Å²) in [5, 5.41) is 9.21. The van der Waals surface area contributed by atoms with Gasteiger partial charge >= 0.3 is 6.18 Å². The molecule has 90 valence electrons. The van der Waals surface area contributed by atoms with Gasteiger partial charge in [0.2, 0.25) is 0 Å². The van der Waals surface area contributed by atoms with Gasteiger partial charge in [0, 0.05) is 6.54 Å². The van der Waals surface area contributed by atoms with Crippen molar-refractivity contribution in [3.63, 3.8) is 0 Å². The van der Waals surface area contributed by atoms with Crippen molar-refractivity contribution >= 4 is 17.4 Å². The Morgan fingerprint density at radius 1 is 1.38 bits per heavy atom. The number of rotatable bonds is 4. The van der Waals surface area contributed by atoms with E-state index < -0.39 is 11.9 Å². The molecule has 0 spiro atoms. The van der Waals surface area contributed by atoms with Crippen LogP contribution in [0, 0.1) is 0 Å². The molecule has 1 N–H and O–H groups in total. The van der Waals surface area contributed by atoms with Crippen molar-refractivity contribution in [1.29, 1.82) is 0 Å². The van der Waals surface area contributed by atoms with E-state index in [-0.39, 0.29) is 11.2 Å². The molecule has 1 unspecified atom stereocenters. The molecule has 1 aromatic heterocycles. The topological polar surface area (TPSA) is 37.8 Å². The second-order valence-corrected chi connectivity index (χ2v) is 3.81. The van der Waals surface area contributed by atoms with E-state index in [9.17, 15) is 13.2 Å². The van der Waals surface area contributed by atoms with Crippen molar-refractivity contribution in [3.8, 4) is 0 Å². The predicted octanol–water partition coefficient (Wildman–Crippen LogP) is 2.92. The number of hydrogen-bond donors (Lipinski definition) is 1. The summed E-state index contributed by atoms with van der Waals surface area (Å²) >= 11 is 5.83. The lowest BCUT2D eigenvalue weighted by Gasteiger charge is -2.09. The molecular formula is C9H11ClF3N3. The van der Waals surface area contributed by atoms with Crippen LogP contribution in [0.1, 0.15) is 19.0 Å². The molecule has 1 rings (SSSR count). The van der Waals surface area contributed by atoms with Crippen molar-refractivity contribution in [3.05, 3.63) is 17.8 Å². The first-order chi connectivity index (χ1) is 7.43. The Labute approximate surface area is 96.0 Å². The van der Waals surface area contributed by atoms with Crippen LogP contribution in [0.25, 0.3) is 0 Å². The maximum absolute atomic E-state index is 12.1. The second kappa shape index (κ2) is 5.34. The van der Waals surface area contributed by atoms with Crippen LogP contribution < -0.4 is 5.32 Å². The van der Waals surface area contributed by atoms with E-state index in [4.69, 9.17) is 11.6 Å². The number of alkyl halides is 4. The van der Waals surface area contributed by atoms with Gasteiger partial charge in [-0.05, 0) is 18.6 Å². The van der Waals surface area contributed by atoms with E-state index >= 15 is 0 Å². The summed E-state index contributed by atoms with van der Waals surface area (Å²) in [6.45, 7) is 2.36. The zero-order valence-corrected chi connectivity index (χ0v) is 9.31. The summed E-state index contributed by atoms with van der Waals surface area (Å²) in [6, 6.07) is 2.11. The minimum Gasteiger partial charge on any atom is -0.367 e. The van der Waals surface area contributed by atoms with Gasteiger partial charge in [-0.25, -0.2) is 0 Å². The third kappa shape index (κ3) is 3.84. The summed E-state index contributed by atoms with van der Waals surface area (Å²) in [5.74, 6) is 0.284. The highest BCUT2D eigenvalue weighted by Crippen LogP contribution is 2.27. The fraction of sp³-hybridized carbons (Fsp3) is 0.556. The van der Waals surface area contributed by atoms with Crippen LogP contribution in [0.15, 0.2) is 12.1 Å². The maximum Gasteiger partial charge on any atom is 0.435 e. The Hall–Kier alpha value is -1.04. The first kappa shape index (κ1) is 13.0. The van der Waals surface area contributed by atoms with Gasteiger partial charge in [0.05, 0.1) is 5.38 Å². The van der Waals surface area contributed by atoms with E-state index in [1.54, 1.807) is 0 Å². The van der Waals surface area contributed by atoms with Gasteiger partial charge in [-0.2, -0.15) is 13.2 Å². The van der Waals surface area contributed by atoms with Crippen LogP contribution in [-0.2, 0) is 6.18 Å². The fourth-order valence-corrected chi connectivity index (χ4v) is 1.01. The number of nitrogens with one attached hydrogen (secondary N) is 1. The Balaban J connectivity index is 2.58. The van der Waals surface area contributed by atoms with Gasteiger partial charge in [-0.15, -0.1) is 21.8 Å². The van der Waals surface area contributed by atoms with Crippen molar-refractivity contribution in [2.45, 2.75) is 24.9 Å². The molecule has 1 aromatic rings. The lowest BCUT2D eigenvalue weighted by molar-refractivity contribution is -0.141. The van der Waals surface area contributed by atoms with E-state index in [0.29, 0.717) is 6.54 Å². The molecule has 1 heterocycles. The first-order valence-corrected chi connectivity index (χ1v) is 5.16. The largest absolute Gasteiger partial charge is 0.435 e. The molecule has 0 aliphatic rings. The SMILES string of the molecule is CCC(Cl)CNc1ccc(C(F)(F)F)nn1. The smallest absolute Gasteiger partial charge is 0.367 e. The van der Waals surface area contributed by atoms with Crippen molar-refractivity contribution in [1.82, 2.24) is 10.2 Å². The molecule has 0 aromatic carbocycles. The summed E-state index contributed by atoms with van der Waals surface area (Å²) in [6.07, 6.45) is -3.69. The molecule has 0 saturated carbocycles. The fourth-order valence-electron chi connectivity index (χ4n) is 0.937. The lowest BCUT2D eigenvalue weighted by atomic mass is 10.3. The number of aromatic nitrogens is 2. The molecule has 0 saturated heterocycles. The van der Waals surface area contributed by atoms with Crippen LogP contribution in [0.3, 0.4) is 0 Å². The quantitative estimate of drug-likeness (QED) is 0.839. The van der Waals surface area contributed by atoms with Gasteiger partial charge in [0.25, 0.3) is 0 Å². The monoisotopic (exact) mass is 253 g/mol. The van der Waals surface area contributed by atoms with Crippen LogP contribution in [0.5, 0.6) is 0 Å². The summed E-state index contributed by atoms with van der Waals surface area (Å²) < 4.78 is 36.4. The van der Waals surface area contributed by atoms with Crippen LogP contribution in [0.2, 0.25) is 0 Å². The van der Waals surface area contributed by atoms with E-state index in [2.05, 4.69) is 15.5 Å². The molecule has 0 bridgehead atoms. The van der Waals surface area contributed by atoms with Crippen LogP contribution in [-0.4, -0.2) is 22.1 Å². The summed E-state index contributed by atoms with van der Waals surface area (Å²) in [5.41, 5.74) is -1.00. The average molecular weight is 254 g/mol. The van der Waals surface area contributed by atoms with Gasteiger partial charge in [0.15, 0.2) is 5.69 Å². The van der Waals surface area contributed by atoms with E-state index in [1.807, 2.05) is 6.92 Å². The molecule has 1 atom stereocenters. The average Bonchev–Trinajstić information content (AvgIpc) is 2.25. The maximum atomic E-state index is 12.1. The molecule has 0 amide bonds. The normalized spacial score (nSPS) is 13.6. The number of nitrogens with zero attached hydrogens (tertiary/aromatic N) is 2. The Morgan fingerprint density at radius 3 is 2.50 bits per heavy atom. The van der Waals surface area contributed by atoms with E-state index in [0.717, 1.165) is 12.5 Å². The Bertz CT molecular complexity index is 326. The molecular weight excluding hydrogens is 243 g/mol. The standard InChI is InChI=1S/C9H11ClF3N3/c1-2-6(10)5-14-8-4-3-7(15-16-8)9(11,12)13/h3-4,6H,2,5H2,1H3,(H,14,16). The molecule has 0 aliphatic heterocycles. The van der Waals surface area contributed by atoms with Gasteiger partial charge in [-0.3, -0.25) is 0 Å². The molecule has 0 radical (unpaired) electrons. The molecule has 7 heteroatoms. The highest BCUT2D eigenvalue weighted by Gasteiger charge is 2.32. The van der Waals surface area contributed by atoms with Gasteiger partial charge in [-0.1, -0.05) is 6.92 Å². The van der Waals surface area contributed by atoms with Crippen LogP contribution >= 0.6 is 11.6 Å². The molecule has 16 heavy (non-hydrogen) atoms. The minimum atomic E-state index is -4.45. The number of halogens is 4. The molecule has 3 nitrogen and oxygen atoms in total. The Morgan fingerprint density at radius 2 is 2.06 bits per heavy atom. The number of anilines is 1. The first-order valence-electron chi connectivity index (χ1n) is 4.72. The highest BCUT2D eigenvalue weighted by atomic mass is 35.5. The van der Waals surface area contributed by atoms with Gasteiger partial charge < -0.3 is 5.32 Å². The van der Waals surface area contributed by atoms with E-state index in [1.165, 1.54) is 6.07 Å². The highest BCUT2D eigenvalue weighted by molar-refractivity contribution is 6.20. The predicted molar refractivity (Wildman–Crippen MR) is 55.5 cm³/mol. The third-order valence-corrected chi connectivity index (χ3v) is 2.37. The van der Waals surface area contributed by atoms with Crippen molar-refractivity contribution < 1.29 is 13.2 Å². The van der Waals surface area contributed by atoms with Crippen molar-refractivity contribution in [2.75, 3.05) is 11.9 Å². The molecule has 0 aliphatic carbocycles. The van der Waals surface area contributed by atoms with Crippen molar-refractivity contribution in [2.24, 2.45) is 0 Å². The lowest BCUT2D eigenvalue weighted by Crippen LogP contribution is -2.15. The second-order valence-electron chi connectivity index (χ2n) is 3.19. The van der Waals surface area contributed by atoms with Crippen LogP contribution in [0.4, 0.5) is 19.0 Å². The molecule has 0 fully saturated rings. The Kier molecular flexibility index (Phi) is 4.35. The third-order valence-electron chi connectivity index (χ3n) is 1.90. The zero-order chi connectivity index (χ0) is 12.2. The summed E-state index contributed by atoms with van der Waals surface area (Å²) in [7, 11) is 0. The minimum absolute atomic E-state index is 0.0795. The number of hydrogen-bond acceptors (Lipinski definition) is 3. The van der Waals surface area contributed by atoms with Gasteiger partial charge in [0.1, 0.15) is 5.82 Å². The zero-order valence-electron chi connectivity index (χ0n) is 8.55.